The van der Waals surface area contributed by atoms with Gasteiger partial charge < -0.3 is 14.8 Å². The summed E-state index contributed by atoms with van der Waals surface area (Å²) in [7, 11) is 1.50. The fraction of sp³-hybridized carbons (Fsp3) is 0.429. The van der Waals surface area contributed by atoms with Crippen LogP contribution < -0.4 is 14.8 Å². The maximum Gasteiger partial charge on any atom is 0.390 e. The maximum atomic E-state index is 13.2. The minimum absolute atomic E-state index is 0. The van der Waals surface area contributed by atoms with Gasteiger partial charge in [0.25, 0.3) is 0 Å². The molecule has 0 aromatic heterocycles. The van der Waals surface area contributed by atoms with E-state index in [2.05, 4.69) is 5.32 Å². The topological polar surface area (TPSA) is 33.7 Å². The van der Waals surface area contributed by atoms with Crippen molar-refractivity contribution in [2.75, 3.05) is 33.3 Å². The van der Waals surface area contributed by atoms with Crippen molar-refractivity contribution in [3.63, 3.8) is 0 Å². The molecule has 29 heavy (non-hydrogen) atoms. The summed E-state index contributed by atoms with van der Waals surface area (Å²) in [5, 5.41) is 3.18. The van der Waals surface area contributed by atoms with Gasteiger partial charge in [-0.3, -0.25) is 4.90 Å². The molecule has 1 aliphatic rings. The summed E-state index contributed by atoms with van der Waals surface area (Å²) in [6.07, 6.45) is -5.13. The highest BCUT2D eigenvalue weighted by molar-refractivity contribution is 5.85. The van der Waals surface area contributed by atoms with Crippen molar-refractivity contribution in [2.45, 2.75) is 25.2 Å². The van der Waals surface area contributed by atoms with E-state index in [0.29, 0.717) is 49.8 Å². The summed E-state index contributed by atoms with van der Waals surface area (Å²) >= 11 is 0. The molecule has 3 rings (SSSR count). The fourth-order valence-corrected chi connectivity index (χ4v) is 3.42. The molecule has 1 heterocycles. The highest BCUT2D eigenvalue weighted by atomic mass is 35.5. The Hall–Kier alpha value is -1.96. The lowest BCUT2D eigenvalue weighted by atomic mass is 10.00. The highest BCUT2D eigenvalue weighted by Gasteiger charge is 2.36. The van der Waals surface area contributed by atoms with Gasteiger partial charge >= 0.3 is 6.18 Å². The second-order valence-corrected chi connectivity index (χ2v) is 6.81. The Morgan fingerprint density at radius 1 is 1.03 bits per heavy atom. The first-order valence-electron chi connectivity index (χ1n) is 9.32. The molecule has 0 unspecified atom stereocenters. The van der Waals surface area contributed by atoms with Crippen molar-refractivity contribution >= 4 is 12.4 Å². The van der Waals surface area contributed by atoms with E-state index in [0.717, 1.165) is 5.56 Å². The predicted octanol–water partition coefficient (Wildman–Crippen LogP) is 4.59. The van der Waals surface area contributed by atoms with E-state index in [1.165, 1.54) is 7.11 Å². The molecule has 8 heteroatoms. The number of halogens is 4. The monoisotopic (exact) mass is 430 g/mol. The third-order valence-electron chi connectivity index (χ3n) is 4.83. The van der Waals surface area contributed by atoms with Gasteiger partial charge in [0.1, 0.15) is 6.61 Å². The lowest BCUT2D eigenvalue weighted by Gasteiger charge is -2.35. The van der Waals surface area contributed by atoms with E-state index in [1.807, 2.05) is 35.2 Å². The molecule has 0 radical (unpaired) electrons. The van der Waals surface area contributed by atoms with E-state index in [-0.39, 0.29) is 12.4 Å². The number of hydrogen-bond acceptors (Lipinski definition) is 4. The highest BCUT2D eigenvalue weighted by Crippen LogP contribution is 2.38. The first kappa shape index (κ1) is 23.3. The van der Waals surface area contributed by atoms with E-state index >= 15 is 0 Å². The number of hydrogen-bond donors (Lipinski definition) is 1. The Labute approximate surface area is 175 Å². The van der Waals surface area contributed by atoms with Gasteiger partial charge in [0, 0.05) is 32.2 Å². The molecule has 1 fully saturated rings. The smallest absolute Gasteiger partial charge is 0.390 e. The second kappa shape index (κ2) is 10.7. The number of nitrogens with one attached hydrogen (secondary N) is 1. The van der Waals surface area contributed by atoms with Crippen LogP contribution in [0.25, 0.3) is 0 Å². The first-order chi connectivity index (χ1) is 13.5. The molecule has 0 bridgehead atoms. The van der Waals surface area contributed by atoms with Crippen molar-refractivity contribution in [1.29, 1.82) is 0 Å². The summed E-state index contributed by atoms with van der Waals surface area (Å²) in [6.45, 7) is 2.89. The molecule has 1 saturated heterocycles. The summed E-state index contributed by atoms with van der Waals surface area (Å²) in [4.78, 5) is 1.88. The molecule has 0 aliphatic carbocycles. The van der Waals surface area contributed by atoms with Crippen LogP contribution >= 0.6 is 12.4 Å². The molecular formula is C21H26ClF3N2O2. The fourth-order valence-electron chi connectivity index (χ4n) is 3.42. The summed E-state index contributed by atoms with van der Waals surface area (Å²) in [5.41, 5.74) is 1.59. The van der Waals surface area contributed by atoms with Gasteiger partial charge in [-0.1, -0.05) is 36.4 Å². The molecule has 160 valence electrons. The quantitative estimate of drug-likeness (QED) is 0.696. The minimum atomic E-state index is -4.24. The van der Waals surface area contributed by atoms with E-state index in [4.69, 9.17) is 9.47 Å². The number of methoxy groups -OCH3 is 1. The molecule has 0 saturated carbocycles. The van der Waals surface area contributed by atoms with E-state index in [1.54, 1.807) is 18.2 Å². The van der Waals surface area contributed by atoms with Gasteiger partial charge in [0.15, 0.2) is 11.5 Å². The second-order valence-electron chi connectivity index (χ2n) is 6.81. The number of rotatable bonds is 7. The Balaban J connectivity index is 0.00000300. The van der Waals surface area contributed by atoms with Crippen LogP contribution in [0.2, 0.25) is 0 Å². The number of ether oxygens (including phenoxy) is 2. The zero-order chi connectivity index (χ0) is 20.0. The van der Waals surface area contributed by atoms with Crippen LogP contribution in [-0.2, 0) is 6.61 Å². The third-order valence-corrected chi connectivity index (χ3v) is 4.83. The van der Waals surface area contributed by atoms with Crippen molar-refractivity contribution in [3.8, 4) is 11.5 Å². The Morgan fingerprint density at radius 2 is 1.72 bits per heavy atom. The van der Waals surface area contributed by atoms with Crippen LogP contribution in [0.15, 0.2) is 48.5 Å². The van der Waals surface area contributed by atoms with Gasteiger partial charge in [-0.2, -0.15) is 13.2 Å². The summed E-state index contributed by atoms with van der Waals surface area (Å²) < 4.78 is 50.9. The molecule has 0 spiro atoms. The molecule has 0 amide bonds. The Morgan fingerprint density at radius 3 is 2.34 bits per heavy atom. The van der Waals surface area contributed by atoms with Crippen LogP contribution in [0.5, 0.6) is 11.5 Å². The molecule has 1 N–H and O–H groups in total. The average Bonchev–Trinajstić information content (AvgIpc) is 2.71. The number of benzene rings is 2. The van der Waals surface area contributed by atoms with E-state index in [9.17, 15) is 13.2 Å². The van der Waals surface area contributed by atoms with Gasteiger partial charge in [0.2, 0.25) is 0 Å². The standard InChI is InChI=1S/C21H25F3N2O2.ClH/c1-27-20-13-17(7-8-19(20)28-15-16-5-3-2-4-6-16)18(14-21(22,23)24)26-11-9-25-10-12-26;/h2-8,13,18,25H,9-12,14-15H2,1H3;1H/t18-;/m0./s1. The van der Waals surface area contributed by atoms with Gasteiger partial charge in [-0.25, -0.2) is 0 Å². The zero-order valence-electron chi connectivity index (χ0n) is 16.2. The van der Waals surface area contributed by atoms with Crippen LogP contribution in [0.1, 0.15) is 23.6 Å². The largest absolute Gasteiger partial charge is 0.493 e. The van der Waals surface area contributed by atoms with Crippen molar-refractivity contribution in [2.24, 2.45) is 0 Å². The number of nitrogens with zero attached hydrogens (tertiary/aromatic N) is 1. The maximum absolute atomic E-state index is 13.2. The van der Waals surface area contributed by atoms with Crippen molar-refractivity contribution < 1.29 is 22.6 Å². The number of piperazine rings is 1. The van der Waals surface area contributed by atoms with E-state index < -0.39 is 18.6 Å². The van der Waals surface area contributed by atoms with Crippen molar-refractivity contribution in [3.05, 3.63) is 59.7 Å². The van der Waals surface area contributed by atoms with Gasteiger partial charge in [-0.15, -0.1) is 12.4 Å². The van der Waals surface area contributed by atoms with Crippen LogP contribution in [0.3, 0.4) is 0 Å². The SMILES string of the molecule is COc1cc([C@H](CC(F)(F)F)N2CCNCC2)ccc1OCc1ccccc1.Cl. The normalized spacial score (nSPS) is 16.0. The van der Waals surface area contributed by atoms with Crippen LogP contribution in [0, 0.1) is 0 Å². The molecule has 2 aromatic rings. The summed E-state index contributed by atoms with van der Waals surface area (Å²) in [6, 6.07) is 14.0. The molecular weight excluding hydrogens is 405 g/mol. The van der Waals surface area contributed by atoms with Gasteiger partial charge in [-0.05, 0) is 23.3 Å². The Bertz CT molecular complexity index is 753. The average molecular weight is 431 g/mol. The van der Waals surface area contributed by atoms with Gasteiger partial charge in [0.05, 0.1) is 13.5 Å². The number of alkyl halides is 3. The molecule has 4 nitrogen and oxygen atoms in total. The Kier molecular flexibility index (Phi) is 8.61. The molecule has 2 aromatic carbocycles. The lowest BCUT2D eigenvalue weighted by Crippen LogP contribution is -2.46. The van der Waals surface area contributed by atoms with Crippen molar-refractivity contribution in [1.82, 2.24) is 10.2 Å². The zero-order valence-corrected chi connectivity index (χ0v) is 17.1. The van der Waals surface area contributed by atoms with Crippen LogP contribution in [0.4, 0.5) is 13.2 Å². The predicted molar refractivity (Wildman–Crippen MR) is 109 cm³/mol. The van der Waals surface area contributed by atoms with Crippen LogP contribution in [-0.4, -0.2) is 44.4 Å². The molecule has 1 atom stereocenters. The first-order valence-corrected chi connectivity index (χ1v) is 9.32. The third kappa shape index (κ3) is 6.80. The molecule has 1 aliphatic heterocycles. The summed E-state index contributed by atoms with van der Waals surface area (Å²) in [5.74, 6) is 0.955. The lowest BCUT2D eigenvalue weighted by molar-refractivity contribution is -0.148. The minimum Gasteiger partial charge on any atom is -0.493 e.